The highest BCUT2D eigenvalue weighted by molar-refractivity contribution is 7.14. The van der Waals surface area contributed by atoms with E-state index in [0.717, 1.165) is 16.9 Å². The highest BCUT2D eigenvalue weighted by Crippen LogP contribution is 2.29. The second-order valence-corrected chi connectivity index (χ2v) is 3.77. The van der Waals surface area contributed by atoms with Gasteiger partial charge in [0.05, 0.1) is 0 Å². The molecule has 1 aromatic rings. The Morgan fingerprint density at radius 2 is 2.58 bits per heavy atom. The van der Waals surface area contributed by atoms with Crippen LogP contribution in [-0.4, -0.2) is 5.97 Å². The zero-order valence-electron chi connectivity index (χ0n) is 6.50. The molecule has 0 atom stereocenters. The van der Waals surface area contributed by atoms with Crippen molar-refractivity contribution in [2.24, 2.45) is 0 Å². The van der Waals surface area contributed by atoms with Crippen molar-refractivity contribution in [2.75, 3.05) is 0 Å². The third-order valence-corrected chi connectivity index (χ3v) is 2.93. The molecular weight excluding hydrogens is 172 g/mol. The summed E-state index contributed by atoms with van der Waals surface area (Å²) in [6.07, 6.45) is 2.68. The van der Waals surface area contributed by atoms with Crippen molar-refractivity contribution in [3.8, 4) is 0 Å². The summed E-state index contributed by atoms with van der Waals surface area (Å²) < 4.78 is 4.84. The van der Waals surface area contributed by atoms with Gasteiger partial charge in [-0.25, -0.2) is 4.79 Å². The number of fused-ring (bicyclic) bond motifs is 1. The molecule has 0 spiro atoms. The fraction of sp³-hybridized carbons (Fsp3) is 0.222. The molecule has 1 aromatic heterocycles. The molecule has 3 heteroatoms. The lowest BCUT2D eigenvalue weighted by Crippen LogP contribution is -1.90. The van der Waals surface area contributed by atoms with E-state index >= 15 is 0 Å². The molecule has 0 unspecified atom stereocenters. The highest BCUT2D eigenvalue weighted by atomic mass is 32.1. The Bertz CT molecular complexity index is 338. The molecule has 0 saturated heterocycles. The van der Waals surface area contributed by atoms with E-state index in [0.29, 0.717) is 6.61 Å². The lowest BCUT2D eigenvalue weighted by molar-refractivity contribution is 0.0538. The molecule has 0 radical (unpaired) electrons. The maximum atomic E-state index is 11.0. The summed E-state index contributed by atoms with van der Waals surface area (Å²) in [6, 6.07) is 2.02. The van der Waals surface area contributed by atoms with Crippen LogP contribution in [0, 0.1) is 0 Å². The van der Waals surface area contributed by atoms with E-state index in [-0.39, 0.29) is 5.97 Å². The number of carbonyl (C=O) groups excluding carboxylic acids is 1. The lowest BCUT2D eigenvalue weighted by atomic mass is 10.2. The zero-order chi connectivity index (χ0) is 8.55. The minimum atomic E-state index is -0.176. The Morgan fingerprint density at radius 1 is 1.75 bits per heavy atom. The Hall–Kier alpha value is -1.09. The van der Waals surface area contributed by atoms with Gasteiger partial charge in [0, 0.05) is 10.4 Å². The van der Waals surface area contributed by atoms with Crippen molar-refractivity contribution in [3.05, 3.63) is 34.0 Å². The molecule has 0 bridgehead atoms. The van der Waals surface area contributed by atoms with E-state index in [2.05, 4.69) is 6.58 Å². The normalized spacial score (nSPS) is 14.2. The largest absolute Gasteiger partial charge is 0.457 e. The first-order valence-corrected chi connectivity index (χ1v) is 4.52. The molecule has 0 saturated carbocycles. The maximum Gasteiger partial charge on any atom is 0.349 e. The number of hydrogen-bond acceptors (Lipinski definition) is 3. The van der Waals surface area contributed by atoms with E-state index in [1.807, 2.05) is 12.1 Å². The number of allylic oxidation sites excluding steroid dienone is 1. The first-order chi connectivity index (χ1) is 5.81. The topological polar surface area (TPSA) is 26.3 Å². The van der Waals surface area contributed by atoms with Gasteiger partial charge in [0.25, 0.3) is 0 Å². The van der Waals surface area contributed by atoms with Crippen LogP contribution in [-0.2, 0) is 17.8 Å². The number of hydrogen-bond donors (Lipinski definition) is 0. The SMILES string of the molecule is C=CCc1cc2c(s1)C(=O)OC2. The first kappa shape index (κ1) is 7.55. The van der Waals surface area contributed by atoms with Crippen molar-refractivity contribution < 1.29 is 9.53 Å². The van der Waals surface area contributed by atoms with Gasteiger partial charge < -0.3 is 4.74 Å². The average molecular weight is 180 g/mol. The summed E-state index contributed by atoms with van der Waals surface area (Å²) >= 11 is 1.51. The van der Waals surface area contributed by atoms with Crippen molar-refractivity contribution >= 4 is 17.3 Å². The summed E-state index contributed by atoms with van der Waals surface area (Å²) in [4.78, 5) is 13.0. The lowest BCUT2D eigenvalue weighted by Gasteiger charge is -1.90. The summed E-state index contributed by atoms with van der Waals surface area (Å²) in [5, 5.41) is 0. The molecule has 0 aromatic carbocycles. The monoisotopic (exact) mass is 180 g/mol. The Kier molecular flexibility index (Phi) is 1.73. The van der Waals surface area contributed by atoms with Gasteiger partial charge in [-0.15, -0.1) is 17.9 Å². The van der Waals surface area contributed by atoms with Crippen LogP contribution in [0.25, 0.3) is 0 Å². The average Bonchev–Trinajstić information content (AvgIpc) is 2.55. The molecule has 2 nitrogen and oxygen atoms in total. The van der Waals surface area contributed by atoms with Crippen molar-refractivity contribution in [1.29, 1.82) is 0 Å². The molecule has 0 amide bonds. The van der Waals surface area contributed by atoms with Gasteiger partial charge in [0.15, 0.2) is 0 Å². The summed E-state index contributed by atoms with van der Waals surface area (Å²) in [5.74, 6) is -0.176. The second-order valence-electron chi connectivity index (χ2n) is 2.64. The second kappa shape index (κ2) is 2.75. The fourth-order valence-electron chi connectivity index (χ4n) is 1.22. The van der Waals surface area contributed by atoms with E-state index in [9.17, 15) is 4.79 Å². The van der Waals surface area contributed by atoms with Crippen LogP contribution in [0.1, 0.15) is 20.1 Å². The van der Waals surface area contributed by atoms with Crippen LogP contribution in [0.15, 0.2) is 18.7 Å². The summed E-state index contributed by atoms with van der Waals surface area (Å²) in [6.45, 7) is 4.09. The zero-order valence-corrected chi connectivity index (χ0v) is 7.32. The van der Waals surface area contributed by atoms with E-state index in [1.54, 1.807) is 0 Å². The van der Waals surface area contributed by atoms with Gasteiger partial charge in [-0.2, -0.15) is 0 Å². The van der Waals surface area contributed by atoms with Gasteiger partial charge >= 0.3 is 5.97 Å². The number of thiophene rings is 1. The predicted molar refractivity (Wildman–Crippen MR) is 47.3 cm³/mol. The van der Waals surface area contributed by atoms with Gasteiger partial charge in [0.2, 0.25) is 0 Å². The minimum Gasteiger partial charge on any atom is -0.457 e. The number of cyclic esters (lactones) is 1. The molecule has 0 aliphatic carbocycles. The Labute approximate surface area is 74.5 Å². The summed E-state index contributed by atoms with van der Waals surface area (Å²) in [5.41, 5.74) is 1.03. The highest BCUT2D eigenvalue weighted by Gasteiger charge is 2.23. The van der Waals surface area contributed by atoms with Crippen molar-refractivity contribution in [1.82, 2.24) is 0 Å². The summed E-state index contributed by atoms with van der Waals surface area (Å²) in [7, 11) is 0. The molecule has 0 N–H and O–H groups in total. The predicted octanol–water partition coefficient (Wildman–Crippen LogP) is 2.15. The number of ether oxygens (including phenoxy) is 1. The molecule has 1 aliphatic rings. The first-order valence-electron chi connectivity index (χ1n) is 3.71. The molecular formula is C9H8O2S. The quantitative estimate of drug-likeness (QED) is 0.515. The van der Waals surface area contributed by atoms with Crippen LogP contribution in [0.5, 0.6) is 0 Å². The third kappa shape index (κ3) is 1.06. The third-order valence-electron chi connectivity index (χ3n) is 1.75. The van der Waals surface area contributed by atoms with Gasteiger partial charge in [-0.3, -0.25) is 0 Å². The minimum absolute atomic E-state index is 0.176. The van der Waals surface area contributed by atoms with Crippen LogP contribution < -0.4 is 0 Å². The fourth-order valence-corrected chi connectivity index (χ4v) is 2.27. The van der Waals surface area contributed by atoms with Crippen LogP contribution in [0.2, 0.25) is 0 Å². The molecule has 2 rings (SSSR count). The molecule has 62 valence electrons. The Morgan fingerprint density at radius 3 is 3.25 bits per heavy atom. The van der Waals surface area contributed by atoms with E-state index < -0.39 is 0 Å². The van der Waals surface area contributed by atoms with Crippen molar-refractivity contribution in [3.63, 3.8) is 0 Å². The van der Waals surface area contributed by atoms with Crippen LogP contribution in [0.4, 0.5) is 0 Å². The number of rotatable bonds is 2. The van der Waals surface area contributed by atoms with E-state index in [1.165, 1.54) is 16.2 Å². The van der Waals surface area contributed by atoms with Crippen molar-refractivity contribution in [2.45, 2.75) is 13.0 Å². The molecule has 2 heterocycles. The molecule has 0 fully saturated rings. The van der Waals surface area contributed by atoms with Crippen LogP contribution >= 0.6 is 11.3 Å². The smallest absolute Gasteiger partial charge is 0.349 e. The Balaban J connectivity index is 2.36. The molecule has 1 aliphatic heterocycles. The number of esters is 1. The number of carbonyl (C=O) groups is 1. The standard InChI is InChI=1S/C9H8O2S/c1-2-3-7-4-6-5-11-9(10)8(6)12-7/h2,4H,1,3,5H2. The van der Waals surface area contributed by atoms with Gasteiger partial charge in [0.1, 0.15) is 11.5 Å². The molecule has 12 heavy (non-hydrogen) atoms. The van der Waals surface area contributed by atoms with Gasteiger partial charge in [-0.1, -0.05) is 6.08 Å². The van der Waals surface area contributed by atoms with E-state index in [4.69, 9.17) is 4.74 Å². The maximum absolute atomic E-state index is 11.0. The van der Waals surface area contributed by atoms with Crippen LogP contribution in [0.3, 0.4) is 0 Å². The van der Waals surface area contributed by atoms with Gasteiger partial charge in [-0.05, 0) is 12.5 Å².